The molecule has 490 valence electrons. The normalized spacial score (nSPS) is 14.1. The Morgan fingerprint density at radius 1 is 0.417 bits per heavy atom. The van der Waals surface area contributed by atoms with Gasteiger partial charge < -0.3 is 19.8 Å². The highest BCUT2D eigenvalue weighted by molar-refractivity contribution is 7.47. The van der Waals surface area contributed by atoms with Gasteiger partial charge in [-0.05, 0) is 70.6 Å². The number of carbonyl (C=O) groups is 1. The van der Waals surface area contributed by atoms with Gasteiger partial charge in [-0.1, -0.05) is 343 Å². The molecule has 0 aromatic carbocycles. The van der Waals surface area contributed by atoms with Crippen molar-refractivity contribution in [2.75, 3.05) is 40.9 Å². The first-order valence-corrected chi connectivity index (χ1v) is 37.4. The van der Waals surface area contributed by atoms with Gasteiger partial charge in [0, 0.05) is 6.42 Å². The lowest BCUT2D eigenvalue weighted by Gasteiger charge is -2.26. The number of phosphoric acid groups is 1. The number of likely N-dealkylation sites (N-methyl/N-ethyl adjacent to an activating group) is 1. The van der Waals surface area contributed by atoms with Crippen molar-refractivity contribution < 1.29 is 32.9 Å². The van der Waals surface area contributed by atoms with Crippen molar-refractivity contribution in [2.45, 2.75) is 347 Å². The highest BCUT2D eigenvalue weighted by atomic mass is 31.2. The van der Waals surface area contributed by atoms with Crippen LogP contribution in [0.15, 0.2) is 85.1 Å². The van der Waals surface area contributed by atoms with Gasteiger partial charge in [0.1, 0.15) is 13.2 Å². The highest BCUT2D eigenvalue weighted by Crippen LogP contribution is 2.43. The van der Waals surface area contributed by atoms with E-state index in [0.29, 0.717) is 23.9 Å². The van der Waals surface area contributed by atoms with E-state index in [1.165, 1.54) is 225 Å². The number of unbranched alkanes of at least 4 members (excludes halogenated alkanes) is 39. The molecule has 0 aliphatic rings. The van der Waals surface area contributed by atoms with Crippen molar-refractivity contribution in [3.05, 3.63) is 85.1 Å². The molecule has 0 heterocycles. The first-order chi connectivity index (χ1) is 41.0. The van der Waals surface area contributed by atoms with E-state index >= 15 is 0 Å². The number of nitrogens with one attached hydrogen (secondary N) is 1. The molecular formula is C75H140N2O6P+. The molecule has 0 rings (SSSR count). The fourth-order valence-electron chi connectivity index (χ4n) is 10.6. The summed E-state index contributed by atoms with van der Waals surface area (Å²) in [6.07, 6.45) is 92.6. The molecule has 0 bridgehead atoms. The van der Waals surface area contributed by atoms with E-state index in [-0.39, 0.29) is 19.1 Å². The van der Waals surface area contributed by atoms with Gasteiger partial charge in [-0.3, -0.25) is 13.8 Å². The summed E-state index contributed by atoms with van der Waals surface area (Å²) in [7, 11) is 1.62. The first-order valence-electron chi connectivity index (χ1n) is 36.0. The summed E-state index contributed by atoms with van der Waals surface area (Å²) in [6.45, 7) is 4.81. The summed E-state index contributed by atoms with van der Waals surface area (Å²) in [6, 6.07) is -0.767. The summed E-state index contributed by atoms with van der Waals surface area (Å²) in [5, 5.41) is 14.2. The van der Waals surface area contributed by atoms with Crippen LogP contribution in [-0.4, -0.2) is 73.4 Å². The molecule has 3 N–H and O–H groups in total. The minimum absolute atomic E-state index is 0.0727. The standard InChI is InChI=1S/C75H139N2O6P/c1-6-8-10-12-14-16-18-20-22-24-26-28-30-32-34-35-36-37-38-39-40-41-43-45-47-49-51-53-55-57-59-61-63-65-67-69-75(79)76-73(72-83-84(80,81)82-71-70-77(3,4)5)74(78)68-66-64-62-60-58-56-54-52-50-48-46-44-42-33-31-29-27-25-23-21-19-17-15-13-11-9-7-2/h8,10,14,16,20,22,26,28,32,34,36-37,39-40,73-74,78H,6-7,9,11-13,15,17-19,21,23-25,27,29-31,33,35,38,41-72H2,1-5H3,(H-,76,79,80,81)/p+1/b10-8-,16-14-,22-20-,28-26-,34-32-,37-36-,40-39-. The van der Waals surface area contributed by atoms with Crippen LogP contribution in [-0.2, 0) is 18.4 Å². The van der Waals surface area contributed by atoms with Crippen molar-refractivity contribution in [1.29, 1.82) is 0 Å². The number of quaternary nitrogens is 1. The lowest BCUT2D eigenvalue weighted by molar-refractivity contribution is -0.870. The number of aliphatic hydroxyl groups is 1. The van der Waals surface area contributed by atoms with Crippen LogP contribution in [0.3, 0.4) is 0 Å². The monoisotopic (exact) mass is 1200 g/mol. The third kappa shape index (κ3) is 67.2. The molecule has 3 unspecified atom stereocenters. The van der Waals surface area contributed by atoms with Gasteiger partial charge in [-0.25, -0.2) is 4.57 Å². The maximum Gasteiger partial charge on any atom is 0.472 e. The zero-order chi connectivity index (χ0) is 61.2. The zero-order valence-electron chi connectivity index (χ0n) is 56.1. The Morgan fingerprint density at radius 2 is 0.714 bits per heavy atom. The largest absolute Gasteiger partial charge is 0.472 e. The molecular weight excluding hydrogens is 1060 g/mol. The summed E-state index contributed by atoms with van der Waals surface area (Å²) < 4.78 is 23.9. The number of hydrogen-bond donors (Lipinski definition) is 3. The number of carbonyl (C=O) groups excluding carboxylic acids is 1. The van der Waals surface area contributed by atoms with Crippen LogP contribution >= 0.6 is 7.82 Å². The quantitative estimate of drug-likeness (QED) is 0.0243. The Balaban J connectivity index is 4.04. The number of hydrogen-bond acceptors (Lipinski definition) is 5. The van der Waals surface area contributed by atoms with E-state index in [9.17, 15) is 19.4 Å². The van der Waals surface area contributed by atoms with Gasteiger partial charge in [0.2, 0.25) is 5.91 Å². The van der Waals surface area contributed by atoms with Crippen LogP contribution in [0.4, 0.5) is 0 Å². The molecule has 0 radical (unpaired) electrons. The van der Waals surface area contributed by atoms with E-state index in [1.807, 2.05) is 21.1 Å². The Morgan fingerprint density at radius 3 is 1.05 bits per heavy atom. The molecule has 0 aliphatic carbocycles. The lowest BCUT2D eigenvalue weighted by Crippen LogP contribution is -2.46. The Labute approximate surface area is 522 Å². The molecule has 0 spiro atoms. The van der Waals surface area contributed by atoms with E-state index in [0.717, 1.165) is 83.5 Å². The van der Waals surface area contributed by atoms with Crippen LogP contribution in [0, 0.1) is 0 Å². The van der Waals surface area contributed by atoms with Crippen LogP contribution in [0.5, 0.6) is 0 Å². The van der Waals surface area contributed by atoms with E-state index in [1.54, 1.807) is 0 Å². The Hall–Kier alpha value is -2.32. The minimum atomic E-state index is -4.34. The molecule has 9 heteroatoms. The summed E-state index contributed by atoms with van der Waals surface area (Å²) >= 11 is 0. The summed E-state index contributed by atoms with van der Waals surface area (Å²) in [5.74, 6) is -0.144. The fraction of sp³-hybridized carbons (Fsp3) is 0.800. The van der Waals surface area contributed by atoms with Crippen molar-refractivity contribution in [1.82, 2.24) is 5.32 Å². The smallest absolute Gasteiger partial charge is 0.391 e. The highest BCUT2D eigenvalue weighted by Gasteiger charge is 2.28. The molecule has 0 saturated carbocycles. The number of allylic oxidation sites excluding steroid dienone is 14. The number of aliphatic hydroxyl groups excluding tert-OH is 1. The second-order valence-electron chi connectivity index (χ2n) is 25.6. The molecule has 1 amide bonds. The van der Waals surface area contributed by atoms with Gasteiger partial charge in [0.25, 0.3) is 0 Å². The Bertz CT molecular complexity index is 1650. The molecule has 8 nitrogen and oxygen atoms in total. The van der Waals surface area contributed by atoms with Crippen molar-refractivity contribution >= 4 is 13.7 Å². The predicted octanol–water partition coefficient (Wildman–Crippen LogP) is 23.1. The van der Waals surface area contributed by atoms with Gasteiger partial charge in [0.05, 0.1) is 39.9 Å². The maximum absolute atomic E-state index is 13.1. The maximum atomic E-state index is 13.1. The van der Waals surface area contributed by atoms with Crippen molar-refractivity contribution in [3.63, 3.8) is 0 Å². The number of rotatable bonds is 66. The number of phosphoric ester groups is 1. The molecule has 84 heavy (non-hydrogen) atoms. The molecule has 0 saturated heterocycles. The molecule has 0 fully saturated rings. The lowest BCUT2D eigenvalue weighted by atomic mass is 10.0. The van der Waals surface area contributed by atoms with E-state index < -0.39 is 20.0 Å². The third-order valence-corrected chi connectivity index (χ3v) is 17.1. The van der Waals surface area contributed by atoms with Gasteiger partial charge >= 0.3 is 7.82 Å². The average Bonchev–Trinajstić information content (AvgIpc) is 3.56. The average molecular weight is 1200 g/mol. The third-order valence-electron chi connectivity index (χ3n) is 16.2. The minimum Gasteiger partial charge on any atom is -0.391 e. The second-order valence-corrected chi connectivity index (χ2v) is 27.0. The van der Waals surface area contributed by atoms with E-state index in [4.69, 9.17) is 9.05 Å². The molecule has 3 atom stereocenters. The SMILES string of the molecule is CC/C=C\C/C=C\C/C=C\C/C=C\C/C=C\C/C=C\C/C=C\CCCCCCCCCCCCCCCC(=O)NC(COP(=O)(O)OCC[N+](C)(C)C)C(O)CCCCCCCCCCCCCCCCCCCCCCCCCCCCC. The van der Waals surface area contributed by atoms with Crippen LogP contribution in [0.25, 0.3) is 0 Å². The van der Waals surface area contributed by atoms with Crippen LogP contribution in [0.2, 0.25) is 0 Å². The topological polar surface area (TPSA) is 105 Å². The predicted molar refractivity (Wildman–Crippen MR) is 369 cm³/mol. The molecule has 0 aromatic heterocycles. The van der Waals surface area contributed by atoms with Crippen molar-refractivity contribution in [2.24, 2.45) is 0 Å². The number of amides is 1. The van der Waals surface area contributed by atoms with Crippen LogP contribution in [0.1, 0.15) is 335 Å². The van der Waals surface area contributed by atoms with Gasteiger partial charge in [-0.15, -0.1) is 0 Å². The van der Waals surface area contributed by atoms with Gasteiger partial charge in [-0.2, -0.15) is 0 Å². The zero-order valence-corrected chi connectivity index (χ0v) is 57.0. The van der Waals surface area contributed by atoms with E-state index in [2.05, 4.69) is 104 Å². The Kier molecular flexibility index (Phi) is 63.3. The van der Waals surface area contributed by atoms with Gasteiger partial charge in [0.15, 0.2) is 0 Å². The first kappa shape index (κ1) is 81.7. The number of nitrogens with zero attached hydrogens (tertiary/aromatic N) is 1. The fourth-order valence-corrected chi connectivity index (χ4v) is 11.4. The summed E-state index contributed by atoms with van der Waals surface area (Å²) in [5.41, 5.74) is 0. The van der Waals surface area contributed by atoms with Crippen molar-refractivity contribution in [3.8, 4) is 0 Å². The summed E-state index contributed by atoms with van der Waals surface area (Å²) in [4.78, 5) is 23.5. The molecule has 0 aromatic rings. The van der Waals surface area contributed by atoms with Crippen LogP contribution < -0.4 is 5.32 Å². The second kappa shape index (κ2) is 65.1. The molecule has 0 aliphatic heterocycles.